The summed E-state index contributed by atoms with van der Waals surface area (Å²) in [4.78, 5) is 2.32. The van der Waals surface area contributed by atoms with E-state index in [0.29, 0.717) is 5.92 Å². The van der Waals surface area contributed by atoms with Crippen LogP contribution in [0.15, 0.2) is 30.3 Å². The highest BCUT2D eigenvalue weighted by Crippen LogP contribution is 2.18. The van der Waals surface area contributed by atoms with Crippen molar-refractivity contribution in [3.63, 3.8) is 0 Å². The SMILES string of the molecule is CC.COCCN(C)CCC(C)c1ccccc1. The molecule has 0 N–H and O–H groups in total. The van der Waals surface area contributed by atoms with Crippen LogP contribution in [0, 0.1) is 0 Å². The van der Waals surface area contributed by atoms with Gasteiger partial charge in [0.2, 0.25) is 0 Å². The molecule has 18 heavy (non-hydrogen) atoms. The Kier molecular flexibility index (Phi) is 10.7. The summed E-state index contributed by atoms with van der Waals surface area (Å²) in [5.41, 5.74) is 1.43. The van der Waals surface area contributed by atoms with E-state index in [1.807, 2.05) is 13.8 Å². The molecule has 1 aromatic rings. The number of hydrogen-bond donors (Lipinski definition) is 0. The zero-order valence-corrected chi connectivity index (χ0v) is 12.6. The average Bonchev–Trinajstić information content (AvgIpc) is 2.45. The van der Waals surface area contributed by atoms with Gasteiger partial charge >= 0.3 is 0 Å². The van der Waals surface area contributed by atoms with E-state index in [0.717, 1.165) is 19.7 Å². The smallest absolute Gasteiger partial charge is 0.0589 e. The maximum absolute atomic E-state index is 5.06. The van der Waals surface area contributed by atoms with E-state index in [1.165, 1.54) is 12.0 Å². The Hall–Kier alpha value is -0.860. The molecule has 0 aromatic heterocycles. The van der Waals surface area contributed by atoms with Crippen LogP contribution in [0.3, 0.4) is 0 Å². The minimum absolute atomic E-state index is 0.631. The largest absolute Gasteiger partial charge is 0.383 e. The van der Waals surface area contributed by atoms with Crippen molar-refractivity contribution in [2.75, 3.05) is 33.9 Å². The first-order chi connectivity index (χ1) is 8.74. The molecule has 1 rings (SSSR count). The first kappa shape index (κ1) is 17.1. The summed E-state index contributed by atoms with van der Waals surface area (Å²) >= 11 is 0. The molecule has 0 aliphatic carbocycles. The zero-order chi connectivity index (χ0) is 13.8. The van der Waals surface area contributed by atoms with Gasteiger partial charge in [-0.15, -0.1) is 0 Å². The number of benzene rings is 1. The van der Waals surface area contributed by atoms with Gasteiger partial charge in [-0.3, -0.25) is 0 Å². The molecule has 1 aromatic carbocycles. The molecule has 0 aliphatic rings. The van der Waals surface area contributed by atoms with Crippen LogP contribution in [-0.2, 0) is 4.74 Å². The minimum Gasteiger partial charge on any atom is -0.383 e. The number of likely N-dealkylation sites (N-methyl/N-ethyl adjacent to an activating group) is 1. The minimum atomic E-state index is 0.631. The lowest BCUT2D eigenvalue weighted by atomic mass is 9.98. The third kappa shape index (κ3) is 7.46. The van der Waals surface area contributed by atoms with E-state index in [1.54, 1.807) is 7.11 Å². The third-order valence-electron chi connectivity index (χ3n) is 2.99. The normalized spacial score (nSPS) is 11.9. The Balaban J connectivity index is 0.00000137. The molecular weight excluding hydrogens is 222 g/mol. The van der Waals surface area contributed by atoms with Gasteiger partial charge in [-0.1, -0.05) is 51.1 Å². The Morgan fingerprint density at radius 1 is 1.11 bits per heavy atom. The molecule has 104 valence electrons. The second-order valence-electron chi connectivity index (χ2n) is 4.40. The van der Waals surface area contributed by atoms with Gasteiger partial charge in [-0.25, -0.2) is 0 Å². The van der Waals surface area contributed by atoms with E-state index in [2.05, 4.69) is 49.2 Å². The molecule has 1 atom stereocenters. The van der Waals surface area contributed by atoms with Gasteiger partial charge in [-0.05, 0) is 31.5 Å². The van der Waals surface area contributed by atoms with Crippen molar-refractivity contribution in [1.29, 1.82) is 0 Å². The van der Waals surface area contributed by atoms with Gasteiger partial charge in [-0.2, -0.15) is 0 Å². The molecule has 0 saturated heterocycles. The lowest BCUT2D eigenvalue weighted by molar-refractivity contribution is 0.160. The van der Waals surface area contributed by atoms with Crippen LogP contribution in [-0.4, -0.2) is 38.8 Å². The fourth-order valence-electron chi connectivity index (χ4n) is 1.72. The molecule has 0 spiro atoms. The predicted octanol–water partition coefficient (Wildman–Crippen LogP) is 3.78. The number of nitrogens with zero attached hydrogens (tertiary/aromatic N) is 1. The standard InChI is InChI=1S/C14H23NO.C2H6/c1-13(14-7-5-4-6-8-14)9-10-15(2)11-12-16-3;1-2/h4-8,13H,9-12H2,1-3H3;1-2H3. The number of methoxy groups -OCH3 is 1. The van der Waals surface area contributed by atoms with E-state index in [4.69, 9.17) is 4.74 Å². The molecule has 0 fully saturated rings. The lowest BCUT2D eigenvalue weighted by Gasteiger charge is -2.19. The molecular formula is C16H29NO. The van der Waals surface area contributed by atoms with Crippen molar-refractivity contribution in [3.8, 4) is 0 Å². The van der Waals surface area contributed by atoms with Gasteiger partial charge in [0.05, 0.1) is 6.61 Å². The van der Waals surface area contributed by atoms with E-state index < -0.39 is 0 Å². The van der Waals surface area contributed by atoms with Gasteiger partial charge in [0.15, 0.2) is 0 Å². The summed E-state index contributed by atoms with van der Waals surface area (Å²) in [6.45, 7) is 9.24. The van der Waals surface area contributed by atoms with Gasteiger partial charge in [0, 0.05) is 13.7 Å². The van der Waals surface area contributed by atoms with Gasteiger partial charge in [0.25, 0.3) is 0 Å². The second-order valence-corrected chi connectivity index (χ2v) is 4.40. The van der Waals surface area contributed by atoms with Crippen molar-refractivity contribution in [2.24, 2.45) is 0 Å². The first-order valence-corrected chi connectivity index (χ1v) is 6.96. The molecule has 0 aliphatic heterocycles. The molecule has 1 unspecified atom stereocenters. The molecule has 0 radical (unpaired) electrons. The lowest BCUT2D eigenvalue weighted by Crippen LogP contribution is -2.24. The van der Waals surface area contributed by atoms with Crippen LogP contribution in [0.2, 0.25) is 0 Å². The third-order valence-corrected chi connectivity index (χ3v) is 2.99. The molecule has 0 amide bonds. The summed E-state index contributed by atoms with van der Waals surface area (Å²) in [5, 5.41) is 0. The van der Waals surface area contributed by atoms with Gasteiger partial charge < -0.3 is 9.64 Å². The maximum Gasteiger partial charge on any atom is 0.0589 e. The van der Waals surface area contributed by atoms with Crippen molar-refractivity contribution >= 4 is 0 Å². The summed E-state index contributed by atoms with van der Waals surface area (Å²) in [5.74, 6) is 0.631. The summed E-state index contributed by atoms with van der Waals surface area (Å²) in [6.07, 6.45) is 1.20. The Morgan fingerprint density at radius 2 is 1.72 bits per heavy atom. The summed E-state index contributed by atoms with van der Waals surface area (Å²) in [7, 11) is 3.90. The monoisotopic (exact) mass is 251 g/mol. The van der Waals surface area contributed by atoms with E-state index in [9.17, 15) is 0 Å². The molecule has 0 heterocycles. The van der Waals surface area contributed by atoms with Crippen LogP contribution < -0.4 is 0 Å². The fourth-order valence-corrected chi connectivity index (χ4v) is 1.72. The zero-order valence-electron chi connectivity index (χ0n) is 12.6. The Labute approximate surface area is 113 Å². The van der Waals surface area contributed by atoms with Crippen LogP contribution in [0.1, 0.15) is 38.7 Å². The van der Waals surface area contributed by atoms with Gasteiger partial charge in [0.1, 0.15) is 0 Å². The predicted molar refractivity (Wildman–Crippen MR) is 80.2 cm³/mol. The Bertz CT molecular complexity index is 274. The first-order valence-electron chi connectivity index (χ1n) is 6.96. The summed E-state index contributed by atoms with van der Waals surface area (Å²) in [6, 6.07) is 10.7. The van der Waals surface area contributed by atoms with E-state index in [-0.39, 0.29) is 0 Å². The van der Waals surface area contributed by atoms with Crippen molar-refractivity contribution in [2.45, 2.75) is 33.1 Å². The highest BCUT2D eigenvalue weighted by Gasteiger charge is 2.06. The van der Waals surface area contributed by atoms with Crippen LogP contribution in [0.4, 0.5) is 0 Å². The fraction of sp³-hybridized carbons (Fsp3) is 0.625. The topological polar surface area (TPSA) is 12.5 Å². The van der Waals surface area contributed by atoms with Crippen molar-refractivity contribution in [3.05, 3.63) is 35.9 Å². The van der Waals surface area contributed by atoms with Crippen LogP contribution in [0.25, 0.3) is 0 Å². The molecule has 2 nitrogen and oxygen atoms in total. The van der Waals surface area contributed by atoms with Crippen LogP contribution >= 0.6 is 0 Å². The Morgan fingerprint density at radius 3 is 2.28 bits per heavy atom. The number of rotatable bonds is 7. The highest BCUT2D eigenvalue weighted by atomic mass is 16.5. The average molecular weight is 251 g/mol. The number of ether oxygens (including phenoxy) is 1. The summed E-state index contributed by atoms with van der Waals surface area (Å²) < 4.78 is 5.06. The van der Waals surface area contributed by atoms with E-state index >= 15 is 0 Å². The number of hydrogen-bond acceptors (Lipinski definition) is 2. The maximum atomic E-state index is 5.06. The molecule has 2 heteroatoms. The van der Waals surface area contributed by atoms with Crippen LogP contribution in [0.5, 0.6) is 0 Å². The quantitative estimate of drug-likeness (QED) is 0.731. The van der Waals surface area contributed by atoms with Crippen molar-refractivity contribution < 1.29 is 4.74 Å². The van der Waals surface area contributed by atoms with Crippen molar-refractivity contribution in [1.82, 2.24) is 4.90 Å². The highest BCUT2D eigenvalue weighted by molar-refractivity contribution is 5.18. The molecule has 0 saturated carbocycles. The molecule has 0 bridgehead atoms. The second kappa shape index (κ2) is 11.2.